The van der Waals surface area contributed by atoms with Gasteiger partial charge in [-0.05, 0) is 47.5 Å². The third kappa shape index (κ3) is 3.23. The lowest BCUT2D eigenvalue weighted by atomic mass is 10.2. The lowest BCUT2D eigenvalue weighted by Gasteiger charge is -2.08. The van der Waals surface area contributed by atoms with Crippen LogP contribution in [0.4, 0.5) is 10.1 Å². The van der Waals surface area contributed by atoms with Crippen LogP contribution in [0.2, 0.25) is 0 Å². The Morgan fingerprint density at radius 3 is 2.85 bits per heavy atom. The molecule has 106 valence electrons. The number of hydrogen-bond donors (Lipinski definition) is 2. The zero-order valence-electron chi connectivity index (χ0n) is 10.9. The molecule has 1 aromatic carbocycles. The number of aromatic nitrogens is 1. The summed E-state index contributed by atoms with van der Waals surface area (Å²) in [7, 11) is 0. The molecule has 0 saturated carbocycles. The van der Waals surface area contributed by atoms with E-state index in [4.69, 9.17) is 5.73 Å². The summed E-state index contributed by atoms with van der Waals surface area (Å²) in [6, 6.07) is 2.68. The van der Waals surface area contributed by atoms with E-state index in [2.05, 4.69) is 26.2 Å². The first-order chi connectivity index (χ1) is 9.38. The number of nitrogens with zero attached hydrogens (tertiary/aromatic N) is 1. The van der Waals surface area contributed by atoms with Gasteiger partial charge in [-0.15, -0.1) is 11.3 Å². The first kappa shape index (κ1) is 15.1. The fraction of sp³-hybridized carbons (Fsp3) is 0.231. The number of anilines is 1. The summed E-state index contributed by atoms with van der Waals surface area (Å²) >= 11 is 4.43. The lowest BCUT2D eigenvalue weighted by molar-refractivity contribution is 0.102. The Kier molecular flexibility index (Phi) is 4.52. The molecule has 1 amide bonds. The van der Waals surface area contributed by atoms with Crippen LogP contribution in [-0.4, -0.2) is 10.9 Å². The monoisotopic (exact) mass is 357 g/mol. The highest BCUT2D eigenvalue weighted by Crippen LogP contribution is 2.25. The molecule has 0 bridgehead atoms. The molecule has 1 atom stereocenters. The minimum Gasteiger partial charge on any atom is -0.322 e. The van der Waals surface area contributed by atoms with E-state index in [9.17, 15) is 9.18 Å². The molecule has 0 radical (unpaired) electrons. The van der Waals surface area contributed by atoms with Crippen molar-refractivity contribution in [3.05, 3.63) is 44.1 Å². The van der Waals surface area contributed by atoms with Crippen molar-refractivity contribution in [2.45, 2.75) is 19.9 Å². The number of carbonyl (C=O) groups is 1. The Bertz CT molecular complexity index is 657. The van der Waals surface area contributed by atoms with Gasteiger partial charge in [-0.3, -0.25) is 4.79 Å². The summed E-state index contributed by atoms with van der Waals surface area (Å²) in [4.78, 5) is 16.3. The molecule has 0 saturated heterocycles. The quantitative estimate of drug-likeness (QED) is 0.881. The first-order valence-corrected chi connectivity index (χ1v) is 7.53. The summed E-state index contributed by atoms with van der Waals surface area (Å²) in [5.41, 5.74) is 7.20. The van der Waals surface area contributed by atoms with Crippen LogP contribution in [0, 0.1) is 12.7 Å². The van der Waals surface area contributed by atoms with Crippen LogP contribution < -0.4 is 11.1 Å². The molecule has 1 unspecified atom stereocenters. The predicted molar refractivity (Wildman–Crippen MR) is 81.5 cm³/mol. The zero-order chi connectivity index (χ0) is 14.9. The fourth-order valence-electron chi connectivity index (χ4n) is 1.57. The Hall–Kier alpha value is -1.31. The Balaban J connectivity index is 2.21. The topological polar surface area (TPSA) is 68.0 Å². The van der Waals surface area contributed by atoms with E-state index >= 15 is 0 Å². The second-order valence-electron chi connectivity index (χ2n) is 4.40. The summed E-state index contributed by atoms with van der Waals surface area (Å²) in [5.74, 6) is -0.705. The minimum absolute atomic E-state index is 0.205. The number of aryl methyl sites for hydroxylation is 1. The smallest absolute Gasteiger partial charge is 0.275 e. The van der Waals surface area contributed by atoms with Crippen molar-refractivity contribution < 1.29 is 9.18 Å². The van der Waals surface area contributed by atoms with Gasteiger partial charge in [0.1, 0.15) is 16.5 Å². The fourth-order valence-corrected chi connectivity index (χ4v) is 2.67. The number of hydrogen-bond acceptors (Lipinski definition) is 4. The third-order valence-corrected chi connectivity index (χ3v) is 4.31. The Morgan fingerprint density at radius 1 is 1.55 bits per heavy atom. The van der Waals surface area contributed by atoms with Gasteiger partial charge in [0.15, 0.2) is 0 Å². The second kappa shape index (κ2) is 5.99. The molecule has 0 fully saturated rings. The van der Waals surface area contributed by atoms with Gasteiger partial charge in [0.25, 0.3) is 5.91 Å². The minimum atomic E-state index is -0.367. The maximum Gasteiger partial charge on any atom is 0.275 e. The van der Waals surface area contributed by atoms with Crippen molar-refractivity contribution in [1.29, 1.82) is 0 Å². The van der Waals surface area contributed by atoms with Gasteiger partial charge in [0, 0.05) is 11.1 Å². The van der Waals surface area contributed by atoms with Crippen molar-refractivity contribution in [2.24, 2.45) is 5.73 Å². The van der Waals surface area contributed by atoms with Crippen LogP contribution in [0.1, 0.15) is 34.0 Å². The number of benzene rings is 1. The van der Waals surface area contributed by atoms with E-state index in [0.29, 0.717) is 26.4 Å². The van der Waals surface area contributed by atoms with Gasteiger partial charge in [0.2, 0.25) is 0 Å². The number of nitrogens with one attached hydrogen (secondary N) is 1. The Morgan fingerprint density at radius 2 is 2.25 bits per heavy atom. The average molecular weight is 358 g/mol. The molecular formula is C13H13BrFN3OS. The summed E-state index contributed by atoms with van der Waals surface area (Å²) in [6.45, 7) is 3.53. The van der Waals surface area contributed by atoms with Gasteiger partial charge in [-0.1, -0.05) is 0 Å². The Labute approximate surface area is 128 Å². The zero-order valence-corrected chi connectivity index (χ0v) is 13.3. The summed E-state index contributed by atoms with van der Waals surface area (Å²) in [5, 5.41) is 5.07. The van der Waals surface area contributed by atoms with Gasteiger partial charge in [-0.2, -0.15) is 0 Å². The number of thiazole rings is 1. The molecule has 0 aliphatic rings. The van der Waals surface area contributed by atoms with Crippen molar-refractivity contribution in [2.75, 3.05) is 5.32 Å². The van der Waals surface area contributed by atoms with Gasteiger partial charge in [-0.25, -0.2) is 9.37 Å². The normalized spacial score (nSPS) is 12.2. The highest BCUT2D eigenvalue weighted by atomic mass is 79.9. The van der Waals surface area contributed by atoms with Crippen LogP contribution in [0.15, 0.2) is 22.0 Å². The molecule has 1 heterocycles. The van der Waals surface area contributed by atoms with Crippen molar-refractivity contribution in [3.63, 3.8) is 0 Å². The van der Waals surface area contributed by atoms with E-state index in [-0.39, 0.29) is 17.8 Å². The average Bonchev–Trinajstić information content (AvgIpc) is 2.85. The molecule has 0 spiro atoms. The predicted octanol–water partition coefficient (Wildman–Crippen LogP) is 3.63. The van der Waals surface area contributed by atoms with E-state index in [1.165, 1.54) is 23.5 Å². The number of carbonyl (C=O) groups excluding carboxylic acids is 1. The van der Waals surface area contributed by atoms with Crippen LogP contribution >= 0.6 is 27.3 Å². The first-order valence-electron chi connectivity index (χ1n) is 5.86. The third-order valence-electron chi connectivity index (χ3n) is 2.66. The number of nitrogens with two attached hydrogens (primary N) is 1. The molecular weight excluding hydrogens is 345 g/mol. The van der Waals surface area contributed by atoms with E-state index in [1.54, 1.807) is 12.3 Å². The number of rotatable bonds is 3. The standard InChI is InChI=1S/C13H13BrFN3OS/c1-6-3-9(15)8(14)4-10(6)17-12(19)11-5-20-13(18-11)7(2)16/h3-5,7H,16H2,1-2H3,(H,17,19). The van der Waals surface area contributed by atoms with Crippen LogP contribution in [-0.2, 0) is 0 Å². The van der Waals surface area contributed by atoms with Crippen molar-refractivity contribution in [3.8, 4) is 0 Å². The number of halogens is 2. The highest BCUT2D eigenvalue weighted by Gasteiger charge is 2.14. The molecule has 4 nitrogen and oxygen atoms in total. The SMILES string of the molecule is Cc1cc(F)c(Br)cc1NC(=O)c1csc(C(C)N)n1. The van der Waals surface area contributed by atoms with Crippen LogP contribution in [0.3, 0.4) is 0 Å². The van der Waals surface area contributed by atoms with Crippen LogP contribution in [0.5, 0.6) is 0 Å². The van der Waals surface area contributed by atoms with E-state index in [1.807, 2.05) is 6.92 Å². The van der Waals surface area contributed by atoms with Gasteiger partial charge >= 0.3 is 0 Å². The molecule has 3 N–H and O–H groups in total. The van der Waals surface area contributed by atoms with Gasteiger partial charge in [0.05, 0.1) is 10.5 Å². The maximum atomic E-state index is 13.3. The molecule has 20 heavy (non-hydrogen) atoms. The molecule has 2 rings (SSSR count). The van der Waals surface area contributed by atoms with Crippen LogP contribution in [0.25, 0.3) is 0 Å². The van der Waals surface area contributed by atoms with Gasteiger partial charge < -0.3 is 11.1 Å². The molecule has 0 aliphatic heterocycles. The van der Waals surface area contributed by atoms with E-state index < -0.39 is 0 Å². The summed E-state index contributed by atoms with van der Waals surface area (Å²) in [6.07, 6.45) is 0. The maximum absolute atomic E-state index is 13.3. The lowest BCUT2D eigenvalue weighted by Crippen LogP contribution is -2.14. The molecule has 7 heteroatoms. The molecule has 0 aliphatic carbocycles. The second-order valence-corrected chi connectivity index (χ2v) is 6.14. The van der Waals surface area contributed by atoms with Crippen molar-refractivity contribution >= 4 is 38.9 Å². The van der Waals surface area contributed by atoms with E-state index in [0.717, 1.165) is 0 Å². The highest BCUT2D eigenvalue weighted by molar-refractivity contribution is 9.10. The molecule has 1 aromatic heterocycles. The summed E-state index contributed by atoms with van der Waals surface area (Å²) < 4.78 is 13.6. The van der Waals surface area contributed by atoms with Crippen molar-refractivity contribution in [1.82, 2.24) is 4.98 Å². The molecule has 2 aromatic rings. The largest absolute Gasteiger partial charge is 0.322 e. The number of amides is 1.